The van der Waals surface area contributed by atoms with Gasteiger partial charge in [-0.2, -0.15) is 0 Å². The highest BCUT2D eigenvalue weighted by Crippen LogP contribution is 2.09. The Hall–Kier alpha value is -0.840. The van der Waals surface area contributed by atoms with Crippen molar-refractivity contribution in [3.8, 4) is 0 Å². The maximum Gasteiger partial charge on any atom is 0.129 e. The second-order valence-corrected chi connectivity index (χ2v) is 4.38. The summed E-state index contributed by atoms with van der Waals surface area (Å²) in [4.78, 5) is 0. The van der Waals surface area contributed by atoms with Crippen LogP contribution in [-0.2, 0) is 17.9 Å². The first kappa shape index (κ1) is 14.2. The van der Waals surface area contributed by atoms with E-state index in [1.165, 1.54) is 0 Å². The predicted octanol–water partition coefficient (Wildman–Crippen LogP) is 1.92. The molecular formula is C13H23NO3. The van der Waals surface area contributed by atoms with E-state index in [-0.39, 0.29) is 6.10 Å². The number of aliphatic hydroxyl groups is 1. The van der Waals surface area contributed by atoms with E-state index in [2.05, 4.69) is 19.2 Å². The topological polar surface area (TPSA) is 54.6 Å². The normalized spacial score (nSPS) is 14.8. The second kappa shape index (κ2) is 7.48. The van der Waals surface area contributed by atoms with Gasteiger partial charge in [0, 0.05) is 13.7 Å². The molecule has 0 aliphatic carbocycles. The number of hydrogen-bond donors (Lipinski definition) is 2. The van der Waals surface area contributed by atoms with E-state index in [1.54, 1.807) is 7.11 Å². The average molecular weight is 241 g/mol. The summed E-state index contributed by atoms with van der Waals surface area (Å²) in [6.45, 7) is 5.86. The smallest absolute Gasteiger partial charge is 0.129 e. The minimum atomic E-state index is -0.298. The molecule has 0 saturated carbocycles. The third-order valence-electron chi connectivity index (χ3n) is 2.96. The molecule has 98 valence electrons. The molecule has 0 aliphatic rings. The van der Waals surface area contributed by atoms with Gasteiger partial charge in [-0.25, -0.2) is 0 Å². The molecule has 2 N–H and O–H groups in total. The minimum absolute atomic E-state index is 0.298. The molecular weight excluding hydrogens is 218 g/mol. The first-order chi connectivity index (χ1) is 8.17. The Morgan fingerprint density at radius 3 is 2.76 bits per heavy atom. The molecule has 0 fully saturated rings. The third kappa shape index (κ3) is 4.89. The van der Waals surface area contributed by atoms with Crippen molar-refractivity contribution in [1.82, 2.24) is 5.32 Å². The Morgan fingerprint density at radius 1 is 1.41 bits per heavy atom. The lowest BCUT2D eigenvalue weighted by Crippen LogP contribution is -2.31. The molecule has 0 saturated heterocycles. The fourth-order valence-corrected chi connectivity index (χ4v) is 1.55. The molecule has 0 bridgehead atoms. The van der Waals surface area contributed by atoms with Crippen molar-refractivity contribution < 1.29 is 14.3 Å². The quantitative estimate of drug-likeness (QED) is 0.730. The van der Waals surface area contributed by atoms with Crippen LogP contribution in [0.25, 0.3) is 0 Å². The Bertz CT molecular complexity index is 311. The van der Waals surface area contributed by atoms with Crippen LogP contribution in [0.15, 0.2) is 16.5 Å². The zero-order valence-corrected chi connectivity index (χ0v) is 10.9. The van der Waals surface area contributed by atoms with Crippen molar-refractivity contribution in [2.75, 3.05) is 13.7 Å². The van der Waals surface area contributed by atoms with Gasteiger partial charge in [0.1, 0.15) is 18.1 Å². The predicted molar refractivity (Wildman–Crippen MR) is 66.6 cm³/mol. The van der Waals surface area contributed by atoms with E-state index < -0.39 is 0 Å². The van der Waals surface area contributed by atoms with Gasteiger partial charge in [-0.3, -0.25) is 0 Å². The van der Waals surface area contributed by atoms with Crippen LogP contribution in [-0.4, -0.2) is 24.9 Å². The standard InChI is InChI=1S/C13H23NO3/c1-4-10(2)13(15)8-14-7-11-5-6-12(17-11)9-16-3/h5-6,10,13-15H,4,7-9H2,1-3H3. The Morgan fingerprint density at radius 2 is 2.12 bits per heavy atom. The van der Waals surface area contributed by atoms with E-state index in [1.807, 2.05) is 12.1 Å². The van der Waals surface area contributed by atoms with E-state index in [4.69, 9.17) is 9.15 Å². The molecule has 2 unspecified atom stereocenters. The summed E-state index contributed by atoms with van der Waals surface area (Å²) in [7, 11) is 1.64. The number of aliphatic hydroxyl groups excluding tert-OH is 1. The Kier molecular flexibility index (Phi) is 6.26. The maximum absolute atomic E-state index is 9.77. The molecule has 0 radical (unpaired) electrons. The van der Waals surface area contributed by atoms with Gasteiger partial charge in [-0.15, -0.1) is 0 Å². The van der Waals surface area contributed by atoms with Crippen LogP contribution in [0.5, 0.6) is 0 Å². The first-order valence-corrected chi connectivity index (χ1v) is 6.12. The summed E-state index contributed by atoms with van der Waals surface area (Å²) in [5, 5.41) is 13.0. The highest BCUT2D eigenvalue weighted by Gasteiger charge is 2.11. The van der Waals surface area contributed by atoms with Crippen molar-refractivity contribution in [3.63, 3.8) is 0 Å². The van der Waals surface area contributed by atoms with Gasteiger partial charge in [0.15, 0.2) is 0 Å². The molecule has 1 aromatic rings. The van der Waals surface area contributed by atoms with Gasteiger partial charge in [0.2, 0.25) is 0 Å². The van der Waals surface area contributed by atoms with Crippen molar-refractivity contribution in [3.05, 3.63) is 23.7 Å². The molecule has 0 aromatic carbocycles. The Balaban J connectivity index is 2.25. The van der Waals surface area contributed by atoms with Gasteiger partial charge in [-0.1, -0.05) is 20.3 Å². The zero-order chi connectivity index (χ0) is 12.7. The average Bonchev–Trinajstić information content (AvgIpc) is 2.76. The number of nitrogens with one attached hydrogen (secondary N) is 1. The van der Waals surface area contributed by atoms with Gasteiger partial charge >= 0.3 is 0 Å². The van der Waals surface area contributed by atoms with Crippen molar-refractivity contribution in [2.24, 2.45) is 5.92 Å². The summed E-state index contributed by atoms with van der Waals surface area (Å²) < 4.78 is 10.5. The van der Waals surface area contributed by atoms with Crippen molar-refractivity contribution >= 4 is 0 Å². The molecule has 0 amide bonds. The van der Waals surface area contributed by atoms with Crippen LogP contribution in [0.1, 0.15) is 31.8 Å². The zero-order valence-electron chi connectivity index (χ0n) is 10.9. The van der Waals surface area contributed by atoms with Crippen LogP contribution < -0.4 is 5.32 Å². The lowest BCUT2D eigenvalue weighted by Gasteiger charge is -2.17. The number of rotatable bonds is 8. The molecule has 4 nitrogen and oxygen atoms in total. The summed E-state index contributed by atoms with van der Waals surface area (Å²) >= 11 is 0. The lowest BCUT2D eigenvalue weighted by molar-refractivity contribution is 0.112. The van der Waals surface area contributed by atoms with Crippen LogP contribution in [0.2, 0.25) is 0 Å². The molecule has 0 aliphatic heterocycles. The van der Waals surface area contributed by atoms with Gasteiger partial charge in [0.25, 0.3) is 0 Å². The largest absolute Gasteiger partial charge is 0.462 e. The molecule has 2 atom stereocenters. The highest BCUT2D eigenvalue weighted by atomic mass is 16.5. The van der Waals surface area contributed by atoms with Gasteiger partial charge in [0.05, 0.1) is 12.6 Å². The summed E-state index contributed by atoms with van der Waals surface area (Å²) in [6, 6.07) is 3.84. The molecule has 1 heterocycles. The van der Waals surface area contributed by atoms with Gasteiger partial charge in [-0.05, 0) is 18.1 Å². The number of ether oxygens (including phenoxy) is 1. The summed E-state index contributed by atoms with van der Waals surface area (Å²) in [6.07, 6.45) is 0.690. The number of hydrogen-bond acceptors (Lipinski definition) is 4. The van der Waals surface area contributed by atoms with Crippen LogP contribution in [0.3, 0.4) is 0 Å². The lowest BCUT2D eigenvalue weighted by atomic mass is 10.0. The van der Waals surface area contributed by atoms with E-state index in [0.717, 1.165) is 17.9 Å². The molecule has 1 aromatic heterocycles. The monoisotopic (exact) mass is 241 g/mol. The molecule has 0 spiro atoms. The highest BCUT2D eigenvalue weighted by molar-refractivity contribution is 5.06. The minimum Gasteiger partial charge on any atom is -0.462 e. The fraction of sp³-hybridized carbons (Fsp3) is 0.692. The summed E-state index contributed by atoms with van der Waals surface area (Å²) in [5.74, 6) is 2.02. The van der Waals surface area contributed by atoms with Gasteiger partial charge < -0.3 is 19.6 Å². The van der Waals surface area contributed by atoms with E-state index in [0.29, 0.717) is 25.6 Å². The van der Waals surface area contributed by atoms with E-state index >= 15 is 0 Å². The number of furan rings is 1. The first-order valence-electron chi connectivity index (χ1n) is 6.12. The molecule has 1 rings (SSSR count). The van der Waals surface area contributed by atoms with Crippen LogP contribution in [0, 0.1) is 5.92 Å². The van der Waals surface area contributed by atoms with Crippen molar-refractivity contribution in [1.29, 1.82) is 0 Å². The van der Waals surface area contributed by atoms with Crippen LogP contribution >= 0.6 is 0 Å². The summed E-state index contributed by atoms with van der Waals surface area (Å²) in [5.41, 5.74) is 0. The number of methoxy groups -OCH3 is 1. The van der Waals surface area contributed by atoms with Crippen molar-refractivity contribution in [2.45, 2.75) is 39.5 Å². The van der Waals surface area contributed by atoms with E-state index in [9.17, 15) is 5.11 Å². The fourth-order valence-electron chi connectivity index (χ4n) is 1.55. The third-order valence-corrected chi connectivity index (χ3v) is 2.96. The second-order valence-electron chi connectivity index (χ2n) is 4.38. The Labute approximate surface area is 103 Å². The SMILES string of the molecule is CCC(C)C(O)CNCc1ccc(COC)o1. The maximum atomic E-state index is 9.77. The molecule has 4 heteroatoms. The molecule has 17 heavy (non-hydrogen) atoms. The van der Waals surface area contributed by atoms with Crippen LogP contribution in [0.4, 0.5) is 0 Å².